The molecule has 0 unspecified atom stereocenters. The number of para-hydroxylation sites is 2. The van der Waals surface area contributed by atoms with Gasteiger partial charge in [-0.3, -0.25) is 9.89 Å². The quantitative estimate of drug-likeness (QED) is 0.459. The van der Waals surface area contributed by atoms with E-state index < -0.39 is 0 Å². The van der Waals surface area contributed by atoms with Gasteiger partial charge in [0, 0.05) is 18.3 Å². The molecule has 0 aliphatic rings. The van der Waals surface area contributed by atoms with Gasteiger partial charge in [-0.25, -0.2) is 0 Å². The molecule has 0 bridgehead atoms. The summed E-state index contributed by atoms with van der Waals surface area (Å²) in [5.41, 5.74) is 2.47. The normalized spacial score (nSPS) is 10.7. The van der Waals surface area contributed by atoms with Crippen LogP contribution in [0.25, 0.3) is 11.1 Å². The van der Waals surface area contributed by atoms with Gasteiger partial charge in [-0.1, -0.05) is 18.2 Å². The number of anilines is 1. The summed E-state index contributed by atoms with van der Waals surface area (Å²) in [5.74, 6) is 1.39. The summed E-state index contributed by atoms with van der Waals surface area (Å²) in [5, 5.41) is 9.68. The molecule has 31 heavy (non-hydrogen) atoms. The molecule has 0 atom stereocenters. The van der Waals surface area contributed by atoms with Crippen LogP contribution in [-0.4, -0.2) is 62.0 Å². The van der Waals surface area contributed by atoms with Crippen molar-refractivity contribution in [3.8, 4) is 28.4 Å². The maximum absolute atomic E-state index is 12.5. The number of methoxy groups -OCH3 is 1. The first kappa shape index (κ1) is 22.2. The lowest BCUT2D eigenvalue weighted by atomic mass is 10.1. The molecule has 3 rings (SSSR count). The van der Waals surface area contributed by atoms with Gasteiger partial charge in [-0.15, -0.1) is 0 Å². The van der Waals surface area contributed by atoms with Crippen molar-refractivity contribution in [2.45, 2.75) is 6.42 Å². The molecule has 1 aromatic heterocycles. The SMILES string of the molecule is COc1ccccc1OCC(=O)Nc1ccc(-c2cn[nH]c2)cc1OCCCN(C)C. The molecule has 3 aromatic rings. The molecule has 0 aliphatic carbocycles. The summed E-state index contributed by atoms with van der Waals surface area (Å²) in [6.45, 7) is 1.30. The predicted molar refractivity (Wildman–Crippen MR) is 120 cm³/mol. The third kappa shape index (κ3) is 6.48. The highest BCUT2D eigenvalue weighted by Gasteiger charge is 2.12. The summed E-state index contributed by atoms with van der Waals surface area (Å²) in [7, 11) is 5.60. The number of carbonyl (C=O) groups excluding carboxylic acids is 1. The van der Waals surface area contributed by atoms with Gasteiger partial charge in [0.15, 0.2) is 18.1 Å². The van der Waals surface area contributed by atoms with E-state index in [4.69, 9.17) is 14.2 Å². The zero-order valence-corrected chi connectivity index (χ0v) is 18.1. The lowest BCUT2D eigenvalue weighted by Gasteiger charge is -2.16. The number of carbonyl (C=O) groups is 1. The molecule has 2 aromatic carbocycles. The number of hydrogen-bond donors (Lipinski definition) is 2. The van der Waals surface area contributed by atoms with Gasteiger partial charge < -0.3 is 24.4 Å². The third-order valence-electron chi connectivity index (χ3n) is 4.52. The molecule has 0 fully saturated rings. The molecule has 1 heterocycles. The van der Waals surface area contributed by atoms with E-state index in [1.807, 2.05) is 50.6 Å². The first-order valence-electron chi connectivity index (χ1n) is 10.0. The van der Waals surface area contributed by atoms with Crippen molar-refractivity contribution in [3.05, 3.63) is 54.9 Å². The number of nitrogens with zero attached hydrogens (tertiary/aromatic N) is 2. The van der Waals surface area contributed by atoms with Crippen LogP contribution in [0.5, 0.6) is 17.2 Å². The van der Waals surface area contributed by atoms with Gasteiger partial charge in [-0.2, -0.15) is 5.10 Å². The van der Waals surface area contributed by atoms with Gasteiger partial charge in [0.25, 0.3) is 5.91 Å². The second-order valence-electron chi connectivity index (χ2n) is 7.19. The van der Waals surface area contributed by atoms with Crippen molar-refractivity contribution in [2.75, 3.05) is 46.3 Å². The Balaban J connectivity index is 1.68. The smallest absolute Gasteiger partial charge is 0.262 e. The minimum atomic E-state index is -0.292. The topological polar surface area (TPSA) is 88.7 Å². The van der Waals surface area contributed by atoms with Gasteiger partial charge in [0.2, 0.25) is 0 Å². The number of H-pyrrole nitrogens is 1. The Labute approximate surface area is 182 Å². The molecule has 0 saturated carbocycles. The summed E-state index contributed by atoms with van der Waals surface area (Å²) in [6, 6.07) is 12.8. The number of ether oxygens (including phenoxy) is 3. The fourth-order valence-corrected chi connectivity index (χ4v) is 2.96. The molecule has 2 N–H and O–H groups in total. The third-order valence-corrected chi connectivity index (χ3v) is 4.52. The van der Waals surface area contributed by atoms with Crippen LogP contribution in [0.1, 0.15) is 6.42 Å². The maximum atomic E-state index is 12.5. The van der Waals surface area contributed by atoms with Gasteiger partial charge in [0.1, 0.15) is 5.75 Å². The number of hydrogen-bond acceptors (Lipinski definition) is 6. The zero-order chi connectivity index (χ0) is 22.1. The Morgan fingerprint density at radius 2 is 1.87 bits per heavy atom. The van der Waals surface area contributed by atoms with Crippen LogP contribution in [0.2, 0.25) is 0 Å². The lowest BCUT2D eigenvalue weighted by molar-refractivity contribution is -0.118. The standard InChI is InChI=1S/C23H28N4O4/c1-27(2)11-6-12-30-22-13-17(18-14-24-25-15-18)9-10-19(22)26-23(28)16-31-21-8-5-4-7-20(21)29-3/h4-5,7-10,13-15H,6,11-12,16H2,1-3H3,(H,24,25)(H,26,28). The van der Waals surface area contributed by atoms with E-state index in [1.54, 1.807) is 25.4 Å². The molecule has 0 radical (unpaired) electrons. The van der Waals surface area contributed by atoms with Crippen molar-refractivity contribution in [2.24, 2.45) is 0 Å². The Kier molecular flexibility index (Phi) is 7.89. The minimum absolute atomic E-state index is 0.149. The van der Waals surface area contributed by atoms with Crippen molar-refractivity contribution < 1.29 is 19.0 Å². The fourth-order valence-electron chi connectivity index (χ4n) is 2.96. The van der Waals surface area contributed by atoms with Gasteiger partial charge in [-0.05, 0) is 50.3 Å². The number of nitrogens with one attached hydrogen (secondary N) is 2. The molecule has 164 valence electrons. The Morgan fingerprint density at radius 3 is 2.58 bits per heavy atom. The average molecular weight is 425 g/mol. The van der Waals surface area contributed by atoms with Crippen LogP contribution in [-0.2, 0) is 4.79 Å². The second-order valence-corrected chi connectivity index (χ2v) is 7.19. The molecule has 0 spiro atoms. The molecule has 0 saturated heterocycles. The lowest BCUT2D eigenvalue weighted by Crippen LogP contribution is -2.21. The van der Waals surface area contributed by atoms with Gasteiger partial charge >= 0.3 is 0 Å². The Bertz CT molecular complexity index is 973. The summed E-state index contributed by atoms with van der Waals surface area (Å²) in [4.78, 5) is 14.6. The van der Waals surface area contributed by atoms with Crippen molar-refractivity contribution >= 4 is 11.6 Å². The zero-order valence-electron chi connectivity index (χ0n) is 18.1. The molecule has 8 heteroatoms. The van der Waals surface area contributed by atoms with Crippen LogP contribution >= 0.6 is 0 Å². The van der Waals surface area contributed by atoms with Gasteiger partial charge in [0.05, 0.1) is 25.6 Å². The average Bonchev–Trinajstić information content (AvgIpc) is 3.31. The second kappa shape index (κ2) is 11.0. The van der Waals surface area contributed by atoms with E-state index in [1.165, 1.54) is 0 Å². The van der Waals surface area contributed by atoms with Crippen LogP contribution in [0, 0.1) is 0 Å². The monoisotopic (exact) mass is 424 g/mol. The molecule has 8 nitrogen and oxygen atoms in total. The summed E-state index contributed by atoms with van der Waals surface area (Å²) < 4.78 is 16.9. The van der Waals surface area contributed by atoms with Crippen molar-refractivity contribution in [1.82, 2.24) is 15.1 Å². The number of aromatic nitrogens is 2. The van der Waals surface area contributed by atoms with Crippen LogP contribution in [0.4, 0.5) is 5.69 Å². The maximum Gasteiger partial charge on any atom is 0.262 e. The van der Waals surface area contributed by atoms with E-state index in [2.05, 4.69) is 20.4 Å². The minimum Gasteiger partial charge on any atom is -0.493 e. The van der Waals surface area contributed by atoms with Crippen LogP contribution < -0.4 is 19.5 Å². The number of rotatable bonds is 11. The largest absolute Gasteiger partial charge is 0.493 e. The number of amides is 1. The summed E-state index contributed by atoms with van der Waals surface area (Å²) >= 11 is 0. The van der Waals surface area contributed by atoms with Crippen LogP contribution in [0.15, 0.2) is 54.9 Å². The van der Waals surface area contributed by atoms with Crippen molar-refractivity contribution in [1.29, 1.82) is 0 Å². The van der Waals surface area contributed by atoms with E-state index in [9.17, 15) is 4.79 Å². The first-order valence-corrected chi connectivity index (χ1v) is 10.0. The first-order chi connectivity index (χ1) is 15.1. The van der Waals surface area contributed by atoms with E-state index in [0.717, 1.165) is 24.1 Å². The predicted octanol–water partition coefficient (Wildman–Crippen LogP) is 3.43. The van der Waals surface area contributed by atoms with E-state index in [-0.39, 0.29) is 12.5 Å². The van der Waals surface area contributed by atoms with E-state index in [0.29, 0.717) is 29.5 Å². The van der Waals surface area contributed by atoms with Crippen LogP contribution in [0.3, 0.4) is 0 Å². The highest BCUT2D eigenvalue weighted by atomic mass is 16.5. The molecule has 1 amide bonds. The summed E-state index contributed by atoms with van der Waals surface area (Å²) in [6.07, 6.45) is 4.42. The molecule has 0 aliphatic heterocycles. The highest BCUT2D eigenvalue weighted by molar-refractivity contribution is 5.94. The molecular formula is C23H28N4O4. The number of aromatic amines is 1. The molecular weight excluding hydrogens is 396 g/mol. The fraction of sp³-hybridized carbons (Fsp3) is 0.304. The Hall–Kier alpha value is -3.52. The highest BCUT2D eigenvalue weighted by Crippen LogP contribution is 2.31. The van der Waals surface area contributed by atoms with Crippen molar-refractivity contribution in [3.63, 3.8) is 0 Å². The van der Waals surface area contributed by atoms with E-state index >= 15 is 0 Å². The number of benzene rings is 2. The Morgan fingerprint density at radius 1 is 1.06 bits per heavy atom.